The average molecular weight is 483 g/mol. The molecule has 2 atom stereocenters. The van der Waals surface area contributed by atoms with Crippen molar-refractivity contribution in [2.24, 2.45) is 0 Å². The highest BCUT2D eigenvalue weighted by molar-refractivity contribution is 14.1. The fraction of sp³-hybridized carbons (Fsp3) is 0.130. The molecular formula is C23H18INO3. The second-order valence-electron chi connectivity index (χ2n) is 6.55. The van der Waals surface area contributed by atoms with Crippen molar-refractivity contribution in [3.05, 3.63) is 102 Å². The topological polar surface area (TPSA) is 46.6 Å². The number of carbonyl (C=O) groups excluding carboxylic acids is 2. The molecule has 1 aliphatic heterocycles. The second kappa shape index (κ2) is 8.14. The first-order valence-corrected chi connectivity index (χ1v) is 10.2. The van der Waals surface area contributed by atoms with Crippen molar-refractivity contribution < 1.29 is 14.3 Å². The lowest BCUT2D eigenvalue weighted by Gasteiger charge is -2.38. The van der Waals surface area contributed by atoms with Crippen molar-refractivity contribution in [1.82, 2.24) is 0 Å². The first kappa shape index (κ1) is 18.7. The van der Waals surface area contributed by atoms with Gasteiger partial charge < -0.3 is 4.74 Å². The number of ketones is 1. The van der Waals surface area contributed by atoms with Crippen molar-refractivity contribution in [3.8, 4) is 0 Å². The van der Waals surface area contributed by atoms with Crippen LogP contribution in [0, 0.1) is 0 Å². The van der Waals surface area contributed by atoms with E-state index in [1.807, 2.05) is 72.8 Å². The van der Waals surface area contributed by atoms with Gasteiger partial charge in [-0.05, 0) is 23.3 Å². The van der Waals surface area contributed by atoms with Crippen LogP contribution in [-0.2, 0) is 11.3 Å². The first-order valence-electron chi connectivity index (χ1n) is 8.99. The van der Waals surface area contributed by atoms with Gasteiger partial charge >= 0.3 is 6.09 Å². The molecule has 3 aromatic rings. The van der Waals surface area contributed by atoms with Gasteiger partial charge in [-0.3, -0.25) is 9.69 Å². The highest BCUT2D eigenvalue weighted by atomic mass is 127. The van der Waals surface area contributed by atoms with E-state index in [4.69, 9.17) is 4.74 Å². The third kappa shape index (κ3) is 3.54. The summed E-state index contributed by atoms with van der Waals surface area (Å²) in [6.45, 7) is 0.180. The van der Waals surface area contributed by atoms with Gasteiger partial charge in [0.1, 0.15) is 6.61 Å². The van der Waals surface area contributed by atoms with E-state index < -0.39 is 16.1 Å². The standard InChI is InChI=1S/C23H18INO3/c24-20-21(17-11-5-2-6-12-17)25(19-14-8-7-13-18(19)22(20)26)23(27)28-15-16-9-3-1-4-10-16/h1-14,20-21H,15H2/t20-,21-/m1/s1. The Bertz CT molecular complexity index is 991. The van der Waals surface area contributed by atoms with Crippen LogP contribution in [-0.4, -0.2) is 15.8 Å². The van der Waals surface area contributed by atoms with E-state index in [0.29, 0.717) is 11.3 Å². The van der Waals surface area contributed by atoms with Crippen LogP contribution in [0.25, 0.3) is 0 Å². The quantitative estimate of drug-likeness (QED) is 0.362. The normalized spacial score (nSPS) is 18.5. The maximum Gasteiger partial charge on any atom is 0.415 e. The second-order valence-corrected chi connectivity index (χ2v) is 7.89. The van der Waals surface area contributed by atoms with Crippen LogP contribution < -0.4 is 4.90 Å². The molecule has 0 fully saturated rings. The Hall–Kier alpha value is -2.67. The lowest BCUT2D eigenvalue weighted by atomic mass is 9.90. The molecule has 0 saturated carbocycles. The van der Waals surface area contributed by atoms with E-state index in [0.717, 1.165) is 11.1 Å². The van der Waals surface area contributed by atoms with Crippen LogP contribution in [0.3, 0.4) is 0 Å². The molecule has 0 aliphatic carbocycles. The van der Waals surface area contributed by atoms with Crippen LogP contribution >= 0.6 is 22.6 Å². The van der Waals surface area contributed by atoms with Gasteiger partial charge in [-0.1, -0.05) is 95.4 Å². The number of benzene rings is 3. The Morgan fingerprint density at radius 3 is 2.21 bits per heavy atom. The maximum atomic E-state index is 13.2. The minimum Gasteiger partial charge on any atom is -0.444 e. The number of anilines is 1. The number of fused-ring (bicyclic) bond motifs is 1. The number of amides is 1. The lowest BCUT2D eigenvalue weighted by molar-refractivity contribution is 0.0975. The number of halogens is 1. The van der Waals surface area contributed by atoms with Gasteiger partial charge in [-0.25, -0.2) is 4.79 Å². The third-order valence-electron chi connectivity index (χ3n) is 4.78. The highest BCUT2D eigenvalue weighted by Crippen LogP contribution is 2.42. The molecule has 0 radical (unpaired) electrons. The predicted molar refractivity (Wildman–Crippen MR) is 117 cm³/mol. The van der Waals surface area contributed by atoms with Gasteiger partial charge in [0.05, 0.1) is 15.7 Å². The van der Waals surface area contributed by atoms with Crippen molar-refractivity contribution in [1.29, 1.82) is 0 Å². The largest absolute Gasteiger partial charge is 0.444 e. The molecule has 4 rings (SSSR count). The third-order valence-corrected chi connectivity index (χ3v) is 6.02. The zero-order valence-corrected chi connectivity index (χ0v) is 17.2. The molecule has 1 aliphatic rings. The fourth-order valence-corrected chi connectivity index (χ4v) is 4.51. The van der Waals surface area contributed by atoms with Crippen LogP contribution in [0.5, 0.6) is 0 Å². The van der Waals surface area contributed by atoms with Crippen LogP contribution in [0.4, 0.5) is 10.5 Å². The molecule has 0 N–H and O–H groups in total. The molecule has 0 saturated heterocycles. The molecule has 0 aromatic heterocycles. The fourth-order valence-electron chi connectivity index (χ4n) is 3.43. The number of Topliss-reactive ketones (excluding diaryl/α,β-unsaturated/α-hetero) is 1. The molecule has 1 amide bonds. The van der Waals surface area contributed by atoms with Gasteiger partial charge in [0, 0.05) is 5.56 Å². The number of carbonyl (C=O) groups is 2. The van der Waals surface area contributed by atoms with Crippen LogP contribution in [0.15, 0.2) is 84.9 Å². The zero-order valence-electron chi connectivity index (χ0n) is 15.0. The number of ether oxygens (including phenoxy) is 1. The average Bonchev–Trinajstić information content (AvgIpc) is 2.75. The number of para-hydroxylation sites is 1. The summed E-state index contributed by atoms with van der Waals surface area (Å²) in [5.41, 5.74) is 2.96. The molecule has 140 valence electrons. The smallest absolute Gasteiger partial charge is 0.415 e. The highest BCUT2D eigenvalue weighted by Gasteiger charge is 2.43. The number of rotatable bonds is 3. The summed E-state index contributed by atoms with van der Waals surface area (Å²) >= 11 is 2.13. The predicted octanol–water partition coefficient (Wildman–Crippen LogP) is 5.57. The molecule has 0 spiro atoms. The lowest BCUT2D eigenvalue weighted by Crippen LogP contribution is -2.46. The Morgan fingerprint density at radius 2 is 1.50 bits per heavy atom. The number of alkyl halides is 1. The van der Waals surface area contributed by atoms with Crippen LogP contribution in [0.1, 0.15) is 27.5 Å². The molecule has 28 heavy (non-hydrogen) atoms. The van der Waals surface area contributed by atoms with Crippen LogP contribution in [0.2, 0.25) is 0 Å². The Kier molecular flexibility index (Phi) is 5.43. The number of hydrogen-bond acceptors (Lipinski definition) is 3. The molecule has 4 nitrogen and oxygen atoms in total. The molecule has 0 bridgehead atoms. The van der Waals surface area contributed by atoms with E-state index in [1.54, 1.807) is 17.0 Å². The summed E-state index contributed by atoms with van der Waals surface area (Å²) in [5, 5.41) is 0. The van der Waals surface area contributed by atoms with E-state index in [-0.39, 0.29) is 12.4 Å². The molecule has 1 heterocycles. The molecule has 5 heteroatoms. The molecular weight excluding hydrogens is 465 g/mol. The van der Waals surface area contributed by atoms with E-state index >= 15 is 0 Å². The Labute approximate surface area is 177 Å². The minimum absolute atomic E-state index is 0.0252. The van der Waals surface area contributed by atoms with E-state index in [2.05, 4.69) is 22.6 Å². The summed E-state index contributed by atoms with van der Waals surface area (Å²) in [6, 6.07) is 26.0. The van der Waals surface area contributed by atoms with Crippen molar-refractivity contribution in [3.63, 3.8) is 0 Å². The van der Waals surface area contributed by atoms with Crippen molar-refractivity contribution >= 4 is 40.2 Å². The number of hydrogen-bond donors (Lipinski definition) is 0. The summed E-state index contributed by atoms with van der Waals surface area (Å²) in [6.07, 6.45) is -0.459. The molecule has 0 unspecified atom stereocenters. The molecule has 3 aromatic carbocycles. The van der Waals surface area contributed by atoms with Gasteiger partial charge in [-0.15, -0.1) is 0 Å². The van der Waals surface area contributed by atoms with Gasteiger partial charge in [0.2, 0.25) is 0 Å². The SMILES string of the molecule is O=C1c2ccccc2N(C(=O)OCc2ccccc2)[C@H](c2ccccc2)[C@H]1I. The van der Waals surface area contributed by atoms with E-state index in [9.17, 15) is 9.59 Å². The Morgan fingerprint density at radius 1 is 0.893 bits per heavy atom. The summed E-state index contributed by atoms with van der Waals surface area (Å²) < 4.78 is 5.23. The minimum atomic E-state index is -0.459. The maximum absolute atomic E-state index is 13.2. The van der Waals surface area contributed by atoms with E-state index in [1.165, 1.54) is 0 Å². The first-order chi connectivity index (χ1) is 13.7. The summed E-state index contributed by atoms with van der Waals surface area (Å²) in [5.74, 6) is 0.0252. The monoisotopic (exact) mass is 483 g/mol. The van der Waals surface area contributed by atoms with Gasteiger partial charge in [0.15, 0.2) is 5.78 Å². The summed E-state index contributed by atoms with van der Waals surface area (Å²) in [7, 11) is 0. The van der Waals surface area contributed by atoms with Crippen molar-refractivity contribution in [2.75, 3.05) is 4.90 Å². The Balaban J connectivity index is 1.72. The van der Waals surface area contributed by atoms with Gasteiger partial charge in [0.25, 0.3) is 0 Å². The van der Waals surface area contributed by atoms with Crippen molar-refractivity contribution in [2.45, 2.75) is 16.6 Å². The summed E-state index contributed by atoms with van der Waals surface area (Å²) in [4.78, 5) is 27.7. The zero-order chi connectivity index (χ0) is 19.5. The van der Waals surface area contributed by atoms with Gasteiger partial charge in [-0.2, -0.15) is 0 Å². The number of nitrogens with zero attached hydrogens (tertiary/aromatic N) is 1.